The van der Waals surface area contributed by atoms with Crippen LogP contribution in [0, 0.1) is 0 Å². The van der Waals surface area contributed by atoms with Gasteiger partial charge in [-0.25, -0.2) is 8.42 Å². The van der Waals surface area contributed by atoms with E-state index in [2.05, 4.69) is 5.32 Å². The van der Waals surface area contributed by atoms with Crippen LogP contribution in [0.3, 0.4) is 0 Å². The molecule has 0 aliphatic carbocycles. The molecule has 0 saturated heterocycles. The molecule has 0 bridgehead atoms. The van der Waals surface area contributed by atoms with E-state index in [-0.39, 0.29) is 5.69 Å². The Kier molecular flexibility index (Phi) is 6.56. The maximum Gasteiger partial charge on any atom is 0.248 e. The molecule has 9 heteroatoms. The molecular weight excluding hydrogens is 392 g/mol. The van der Waals surface area contributed by atoms with Crippen molar-refractivity contribution in [3.8, 4) is 11.5 Å². The number of amides is 1. The van der Waals surface area contributed by atoms with Gasteiger partial charge in [0.25, 0.3) is 0 Å². The highest BCUT2D eigenvalue weighted by molar-refractivity contribution is 7.92. The summed E-state index contributed by atoms with van der Waals surface area (Å²) in [4.78, 5) is 12.7. The first-order chi connectivity index (χ1) is 12.7. The van der Waals surface area contributed by atoms with E-state index in [4.69, 9.17) is 21.1 Å². The molecule has 2 aromatic carbocycles. The molecule has 0 heterocycles. The van der Waals surface area contributed by atoms with Crippen LogP contribution in [-0.4, -0.2) is 40.8 Å². The van der Waals surface area contributed by atoms with Gasteiger partial charge in [0.15, 0.2) is 11.5 Å². The molecule has 2 aromatic rings. The summed E-state index contributed by atoms with van der Waals surface area (Å²) in [5, 5.41) is 3.01. The van der Waals surface area contributed by atoms with Crippen LogP contribution in [0.1, 0.15) is 6.92 Å². The Morgan fingerprint density at radius 1 is 1.11 bits per heavy atom. The quantitative estimate of drug-likeness (QED) is 0.755. The van der Waals surface area contributed by atoms with Gasteiger partial charge in [-0.15, -0.1) is 0 Å². The third-order valence-electron chi connectivity index (χ3n) is 3.84. The Labute approximate surface area is 163 Å². The van der Waals surface area contributed by atoms with Crippen LogP contribution in [0.5, 0.6) is 11.5 Å². The summed E-state index contributed by atoms with van der Waals surface area (Å²) in [5.74, 6) is 0.272. The van der Waals surface area contributed by atoms with Gasteiger partial charge in [0.05, 0.1) is 36.9 Å². The fourth-order valence-corrected chi connectivity index (χ4v) is 3.92. The maximum absolute atomic E-state index is 12.7. The first-order valence-electron chi connectivity index (χ1n) is 7.96. The number of carbonyl (C=O) groups is 1. The van der Waals surface area contributed by atoms with Gasteiger partial charge in [0.1, 0.15) is 6.04 Å². The molecule has 1 N–H and O–H groups in total. The molecule has 1 atom stereocenters. The number of nitrogens with one attached hydrogen (secondary N) is 1. The SMILES string of the molecule is COc1ccc(N(C(C)C(=O)Nc2ccccc2Cl)S(C)(=O)=O)cc1OC. The van der Waals surface area contributed by atoms with E-state index in [1.807, 2.05) is 0 Å². The topological polar surface area (TPSA) is 84.9 Å². The Hall–Kier alpha value is -2.45. The minimum Gasteiger partial charge on any atom is -0.493 e. The lowest BCUT2D eigenvalue weighted by Crippen LogP contribution is -2.45. The Morgan fingerprint density at radius 3 is 2.30 bits per heavy atom. The number of benzene rings is 2. The van der Waals surface area contributed by atoms with Crippen LogP contribution in [0.2, 0.25) is 5.02 Å². The van der Waals surface area contributed by atoms with E-state index < -0.39 is 22.0 Å². The second kappa shape index (κ2) is 8.49. The van der Waals surface area contributed by atoms with Gasteiger partial charge in [-0.1, -0.05) is 23.7 Å². The molecule has 0 aliphatic rings. The van der Waals surface area contributed by atoms with Crippen LogP contribution < -0.4 is 19.1 Å². The van der Waals surface area contributed by atoms with Crippen LogP contribution in [0.15, 0.2) is 42.5 Å². The van der Waals surface area contributed by atoms with E-state index in [0.717, 1.165) is 10.6 Å². The maximum atomic E-state index is 12.7. The van der Waals surface area contributed by atoms with E-state index in [9.17, 15) is 13.2 Å². The van der Waals surface area contributed by atoms with Crippen molar-refractivity contribution in [2.75, 3.05) is 30.1 Å². The number of halogens is 1. The van der Waals surface area contributed by atoms with Gasteiger partial charge < -0.3 is 14.8 Å². The highest BCUT2D eigenvalue weighted by Gasteiger charge is 2.30. The lowest BCUT2D eigenvalue weighted by molar-refractivity contribution is -0.116. The summed E-state index contributed by atoms with van der Waals surface area (Å²) in [5.41, 5.74) is 0.675. The lowest BCUT2D eigenvalue weighted by atomic mass is 10.2. The molecule has 0 radical (unpaired) electrons. The third-order valence-corrected chi connectivity index (χ3v) is 5.41. The molecule has 0 fully saturated rings. The third kappa shape index (κ3) is 4.84. The first-order valence-corrected chi connectivity index (χ1v) is 10.2. The number of ether oxygens (including phenoxy) is 2. The van der Waals surface area contributed by atoms with Gasteiger partial charge in [-0.3, -0.25) is 9.10 Å². The summed E-state index contributed by atoms with van der Waals surface area (Å²) in [6.45, 7) is 1.49. The number of para-hydroxylation sites is 1. The minimum atomic E-state index is -3.77. The van der Waals surface area contributed by atoms with Crippen molar-refractivity contribution in [2.45, 2.75) is 13.0 Å². The number of hydrogen-bond acceptors (Lipinski definition) is 5. The van der Waals surface area contributed by atoms with Crippen molar-refractivity contribution >= 4 is 38.9 Å². The molecule has 146 valence electrons. The Morgan fingerprint density at radius 2 is 1.74 bits per heavy atom. The average Bonchev–Trinajstić information content (AvgIpc) is 2.62. The summed E-state index contributed by atoms with van der Waals surface area (Å²) < 4.78 is 36.2. The number of nitrogens with zero attached hydrogens (tertiary/aromatic N) is 1. The molecule has 0 aliphatic heterocycles. The van der Waals surface area contributed by atoms with E-state index in [1.165, 1.54) is 27.2 Å². The number of anilines is 2. The lowest BCUT2D eigenvalue weighted by Gasteiger charge is -2.28. The molecule has 2 rings (SSSR count). The molecule has 0 saturated carbocycles. The fourth-order valence-electron chi connectivity index (χ4n) is 2.57. The molecule has 7 nitrogen and oxygen atoms in total. The molecule has 0 spiro atoms. The fraction of sp³-hybridized carbons (Fsp3) is 0.278. The smallest absolute Gasteiger partial charge is 0.248 e. The summed E-state index contributed by atoms with van der Waals surface area (Å²) in [6, 6.07) is 10.3. The average molecular weight is 413 g/mol. The molecule has 1 amide bonds. The zero-order chi connectivity index (χ0) is 20.2. The van der Waals surface area contributed by atoms with Gasteiger partial charge in [0.2, 0.25) is 15.9 Å². The van der Waals surface area contributed by atoms with E-state index >= 15 is 0 Å². The van der Waals surface area contributed by atoms with Gasteiger partial charge in [-0.2, -0.15) is 0 Å². The summed E-state index contributed by atoms with van der Waals surface area (Å²) in [6.07, 6.45) is 1.03. The number of sulfonamides is 1. The molecule has 0 aromatic heterocycles. The van der Waals surface area contributed by atoms with Crippen molar-refractivity contribution in [3.05, 3.63) is 47.5 Å². The summed E-state index contributed by atoms with van der Waals surface area (Å²) in [7, 11) is -0.844. The Balaban J connectivity index is 2.39. The van der Waals surface area contributed by atoms with Crippen LogP contribution in [0.25, 0.3) is 0 Å². The second-order valence-electron chi connectivity index (χ2n) is 5.74. The van der Waals surface area contributed by atoms with Crippen molar-refractivity contribution in [2.24, 2.45) is 0 Å². The summed E-state index contributed by atoms with van der Waals surface area (Å²) >= 11 is 6.06. The van der Waals surface area contributed by atoms with Gasteiger partial charge >= 0.3 is 0 Å². The van der Waals surface area contributed by atoms with Gasteiger partial charge in [0, 0.05) is 6.07 Å². The largest absolute Gasteiger partial charge is 0.493 e. The zero-order valence-corrected chi connectivity index (χ0v) is 17.0. The number of hydrogen-bond donors (Lipinski definition) is 1. The first kappa shape index (κ1) is 20.9. The van der Waals surface area contributed by atoms with Gasteiger partial charge in [-0.05, 0) is 31.2 Å². The van der Waals surface area contributed by atoms with E-state index in [1.54, 1.807) is 36.4 Å². The predicted octanol–water partition coefficient (Wildman–Crippen LogP) is 3.15. The van der Waals surface area contributed by atoms with E-state index in [0.29, 0.717) is 22.2 Å². The van der Waals surface area contributed by atoms with Crippen molar-refractivity contribution in [3.63, 3.8) is 0 Å². The van der Waals surface area contributed by atoms with Crippen LogP contribution >= 0.6 is 11.6 Å². The van der Waals surface area contributed by atoms with Crippen LogP contribution in [0.4, 0.5) is 11.4 Å². The monoisotopic (exact) mass is 412 g/mol. The van der Waals surface area contributed by atoms with Crippen molar-refractivity contribution < 1.29 is 22.7 Å². The molecular formula is C18H21ClN2O5S. The second-order valence-corrected chi connectivity index (χ2v) is 8.01. The zero-order valence-electron chi connectivity index (χ0n) is 15.4. The minimum absolute atomic E-state index is 0.275. The molecule has 1 unspecified atom stereocenters. The number of methoxy groups -OCH3 is 2. The van der Waals surface area contributed by atoms with Crippen LogP contribution in [-0.2, 0) is 14.8 Å². The van der Waals surface area contributed by atoms with Crippen molar-refractivity contribution in [1.29, 1.82) is 0 Å². The number of rotatable bonds is 7. The Bertz CT molecular complexity index is 933. The molecule has 27 heavy (non-hydrogen) atoms. The highest BCUT2D eigenvalue weighted by Crippen LogP contribution is 2.33. The highest BCUT2D eigenvalue weighted by atomic mass is 35.5. The standard InChI is InChI=1S/C18H21ClN2O5S/c1-12(18(22)20-15-8-6-5-7-14(15)19)21(27(4,23)24)13-9-10-16(25-2)17(11-13)26-3/h5-12H,1-4H3,(H,20,22). The number of carbonyl (C=O) groups excluding carboxylic acids is 1. The normalized spacial score (nSPS) is 12.2. The predicted molar refractivity (Wildman–Crippen MR) is 106 cm³/mol. The van der Waals surface area contributed by atoms with Crippen molar-refractivity contribution in [1.82, 2.24) is 0 Å².